The van der Waals surface area contributed by atoms with Crippen molar-refractivity contribution in [1.29, 1.82) is 0 Å². The summed E-state index contributed by atoms with van der Waals surface area (Å²) in [5.74, 6) is 1.22. The van der Waals surface area contributed by atoms with E-state index in [9.17, 15) is 0 Å². The Morgan fingerprint density at radius 1 is 0.241 bits per heavy atom. The molecule has 0 aliphatic heterocycles. The lowest BCUT2D eigenvalue weighted by atomic mass is 9.89. The first kappa shape index (κ1) is 32.5. The zero-order valence-corrected chi connectivity index (χ0v) is 29.2. The number of rotatable bonds is 8. The van der Waals surface area contributed by atoms with Gasteiger partial charge in [0.05, 0.1) is 11.4 Å². The summed E-state index contributed by atoms with van der Waals surface area (Å²) in [5, 5.41) is 0. The summed E-state index contributed by atoms with van der Waals surface area (Å²) in [6.45, 7) is 0. The number of nitrogens with zero attached hydrogens (tertiary/aromatic N) is 6. The van der Waals surface area contributed by atoms with Crippen molar-refractivity contribution in [2.75, 3.05) is 0 Å². The summed E-state index contributed by atoms with van der Waals surface area (Å²) in [6.07, 6.45) is 11.2. The number of pyridine rings is 2. The van der Waals surface area contributed by atoms with E-state index in [2.05, 4.69) is 94.9 Å². The third-order valence-corrected chi connectivity index (χ3v) is 9.47. The molecule has 9 aromatic rings. The zero-order chi connectivity index (χ0) is 36.1. The van der Waals surface area contributed by atoms with Crippen LogP contribution in [0.25, 0.3) is 89.8 Å². The summed E-state index contributed by atoms with van der Waals surface area (Å²) in [5.41, 5.74) is 13.7. The second-order valence-corrected chi connectivity index (χ2v) is 12.9. The molecule has 4 heterocycles. The Bertz CT molecular complexity index is 2260. The van der Waals surface area contributed by atoms with Gasteiger partial charge in [0, 0.05) is 70.6 Å². The third-order valence-electron chi connectivity index (χ3n) is 9.47. The van der Waals surface area contributed by atoms with Gasteiger partial charge < -0.3 is 0 Å². The Labute approximate surface area is 313 Å². The summed E-state index contributed by atoms with van der Waals surface area (Å²) in [7, 11) is 0. The molecule has 0 fully saturated rings. The highest BCUT2D eigenvalue weighted by Crippen LogP contribution is 2.41. The lowest BCUT2D eigenvalue weighted by molar-refractivity contribution is 1.17. The Morgan fingerprint density at radius 2 is 0.593 bits per heavy atom. The van der Waals surface area contributed by atoms with Crippen molar-refractivity contribution in [2.24, 2.45) is 0 Å². The van der Waals surface area contributed by atoms with Gasteiger partial charge in [-0.25, -0.2) is 19.9 Å². The maximum Gasteiger partial charge on any atom is 0.159 e. The van der Waals surface area contributed by atoms with E-state index in [-0.39, 0.29) is 0 Å². The van der Waals surface area contributed by atoms with Crippen LogP contribution >= 0.6 is 0 Å². The topological polar surface area (TPSA) is 77.3 Å². The second-order valence-electron chi connectivity index (χ2n) is 12.9. The number of hydrogen-bond acceptors (Lipinski definition) is 6. The van der Waals surface area contributed by atoms with Crippen LogP contribution in [0.1, 0.15) is 0 Å². The molecule has 0 saturated carbocycles. The molecule has 6 nitrogen and oxygen atoms in total. The summed E-state index contributed by atoms with van der Waals surface area (Å²) < 4.78 is 0. The van der Waals surface area contributed by atoms with Crippen molar-refractivity contribution < 1.29 is 0 Å². The van der Waals surface area contributed by atoms with Gasteiger partial charge in [-0.05, 0) is 69.8 Å². The van der Waals surface area contributed by atoms with Crippen LogP contribution in [0.3, 0.4) is 0 Å². The van der Waals surface area contributed by atoms with Crippen molar-refractivity contribution in [1.82, 2.24) is 29.9 Å². The van der Waals surface area contributed by atoms with Gasteiger partial charge >= 0.3 is 0 Å². The largest absolute Gasteiger partial charge is 0.256 e. The van der Waals surface area contributed by atoms with E-state index in [0.717, 1.165) is 78.1 Å². The highest BCUT2D eigenvalue weighted by atomic mass is 14.9. The molecule has 0 saturated heterocycles. The standard InChI is InChI=1S/C48H32N6/c1-3-11-33(12-4-1)39-29-51-47(52-30-39)43-28-44(48-53-31-40(32-54-48)34-13-5-2-6-14-34)42(36-19-23-38(24-20-36)46-16-8-10-26-50-46)27-41(43)35-17-21-37(22-18-35)45-15-7-9-25-49-45/h1-32H. The SMILES string of the molecule is c1ccc(-c2cnc(-c3cc(-c4ncc(-c5ccccc5)cn4)c(-c4ccc(-c5ccccn5)cc4)cc3-c3ccc(-c4ccccn4)cc3)nc2)cc1. The van der Waals surface area contributed by atoms with Gasteiger partial charge in [-0.15, -0.1) is 0 Å². The molecule has 0 atom stereocenters. The fraction of sp³-hybridized carbons (Fsp3) is 0. The first-order valence-corrected chi connectivity index (χ1v) is 17.7. The molecule has 0 aliphatic rings. The Balaban J connectivity index is 1.23. The van der Waals surface area contributed by atoms with Crippen LogP contribution in [0.4, 0.5) is 0 Å². The van der Waals surface area contributed by atoms with Crippen LogP contribution in [0.15, 0.2) is 195 Å². The molecule has 0 bridgehead atoms. The van der Waals surface area contributed by atoms with Crippen LogP contribution in [0.2, 0.25) is 0 Å². The predicted octanol–water partition coefficient (Wildman–Crippen LogP) is 11.4. The molecule has 0 N–H and O–H groups in total. The predicted molar refractivity (Wildman–Crippen MR) is 217 cm³/mol. The van der Waals surface area contributed by atoms with E-state index in [0.29, 0.717) is 11.6 Å². The molecule has 6 heteroatoms. The molecule has 0 aliphatic carbocycles. The molecule has 254 valence electrons. The average Bonchev–Trinajstić information content (AvgIpc) is 3.27. The quantitative estimate of drug-likeness (QED) is 0.158. The molecule has 0 unspecified atom stereocenters. The van der Waals surface area contributed by atoms with Crippen molar-refractivity contribution >= 4 is 0 Å². The van der Waals surface area contributed by atoms with Crippen LogP contribution in [-0.2, 0) is 0 Å². The summed E-state index contributed by atoms with van der Waals surface area (Å²) >= 11 is 0. The van der Waals surface area contributed by atoms with Gasteiger partial charge in [-0.3, -0.25) is 9.97 Å². The lowest BCUT2D eigenvalue weighted by Crippen LogP contribution is -1.98. The second kappa shape index (κ2) is 14.7. The highest BCUT2D eigenvalue weighted by Gasteiger charge is 2.20. The maximum absolute atomic E-state index is 4.94. The van der Waals surface area contributed by atoms with Gasteiger partial charge in [0.15, 0.2) is 11.6 Å². The Hall–Kier alpha value is -7.44. The molecule has 4 aromatic heterocycles. The van der Waals surface area contributed by atoms with Crippen molar-refractivity contribution in [3.63, 3.8) is 0 Å². The zero-order valence-electron chi connectivity index (χ0n) is 29.2. The minimum absolute atomic E-state index is 0.609. The number of hydrogen-bond donors (Lipinski definition) is 0. The van der Waals surface area contributed by atoms with Crippen molar-refractivity contribution in [3.05, 3.63) is 195 Å². The molecular formula is C48H32N6. The number of benzene rings is 5. The fourth-order valence-electron chi connectivity index (χ4n) is 6.65. The number of aromatic nitrogens is 6. The van der Waals surface area contributed by atoms with Crippen LogP contribution in [0.5, 0.6) is 0 Å². The molecule has 54 heavy (non-hydrogen) atoms. The van der Waals surface area contributed by atoms with Crippen LogP contribution < -0.4 is 0 Å². The highest BCUT2D eigenvalue weighted by molar-refractivity contribution is 5.93. The fourth-order valence-corrected chi connectivity index (χ4v) is 6.65. The molecule has 0 amide bonds. The van der Waals surface area contributed by atoms with Crippen LogP contribution in [-0.4, -0.2) is 29.9 Å². The minimum atomic E-state index is 0.609. The molecular weight excluding hydrogens is 661 g/mol. The first-order valence-electron chi connectivity index (χ1n) is 17.7. The van der Waals surface area contributed by atoms with E-state index in [4.69, 9.17) is 19.9 Å². The molecule has 0 spiro atoms. The smallest absolute Gasteiger partial charge is 0.159 e. The monoisotopic (exact) mass is 692 g/mol. The van der Waals surface area contributed by atoms with Gasteiger partial charge in [-0.2, -0.15) is 0 Å². The van der Waals surface area contributed by atoms with Gasteiger partial charge in [-0.1, -0.05) is 121 Å². The maximum atomic E-state index is 4.94. The van der Waals surface area contributed by atoms with E-state index < -0.39 is 0 Å². The van der Waals surface area contributed by atoms with E-state index in [1.807, 2.05) is 110 Å². The minimum Gasteiger partial charge on any atom is -0.256 e. The lowest BCUT2D eigenvalue weighted by Gasteiger charge is -2.17. The normalized spacial score (nSPS) is 11.0. The van der Waals surface area contributed by atoms with Gasteiger partial charge in [0.1, 0.15) is 0 Å². The summed E-state index contributed by atoms with van der Waals surface area (Å²) in [4.78, 5) is 28.9. The molecule has 9 rings (SSSR count). The Kier molecular flexibility index (Phi) is 8.81. The molecule has 0 radical (unpaired) electrons. The van der Waals surface area contributed by atoms with Crippen molar-refractivity contribution in [2.45, 2.75) is 0 Å². The van der Waals surface area contributed by atoms with E-state index in [1.165, 1.54) is 0 Å². The Morgan fingerprint density at radius 3 is 0.963 bits per heavy atom. The summed E-state index contributed by atoms with van der Waals surface area (Å²) in [6, 6.07) is 53.6. The first-order chi connectivity index (χ1) is 26.8. The van der Waals surface area contributed by atoms with Crippen LogP contribution in [0, 0.1) is 0 Å². The van der Waals surface area contributed by atoms with Gasteiger partial charge in [0.2, 0.25) is 0 Å². The van der Waals surface area contributed by atoms with E-state index in [1.54, 1.807) is 0 Å². The van der Waals surface area contributed by atoms with E-state index >= 15 is 0 Å². The van der Waals surface area contributed by atoms with Crippen molar-refractivity contribution in [3.8, 4) is 89.8 Å². The third kappa shape index (κ3) is 6.67. The van der Waals surface area contributed by atoms with Gasteiger partial charge in [0.25, 0.3) is 0 Å². The molecule has 5 aromatic carbocycles. The average molecular weight is 693 g/mol.